The summed E-state index contributed by atoms with van der Waals surface area (Å²) in [5.41, 5.74) is 5.79. The Balaban J connectivity index is 1.63. The van der Waals surface area contributed by atoms with Crippen molar-refractivity contribution in [1.82, 2.24) is 14.5 Å². The van der Waals surface area contributed by atoms with E-state index in [2.05, 4.69) is 10.2 Å². The second-order valence-electron chi connectivity index (χ2n) is 6.13. The number of rotatable bonds is 7. The molecule has 0 unspecified atom stereocenters. The number of aryl methyl sites for hydroxylation is 1. The molecule has 2 heterocycles. The van der Waals surface area contributed by atoms with Crippen LogP contribution in [0.2, 0.25) is 0 Å². The summed E-state index contributed by atoms with van der Waals surface area (Å²) in [6, 6.07) is 9.35. The first kappa shape index (κ1) is 19.1. The molecule has 2 aromatic rings. The first-order valence-electron chi connectivity index (χ1n) is 8.33. The Kier molecular flexibility index (Phi) is 5.57. The summed E-state index contributed by atoms with van der Waals surface area (Å²) in [6.07, 6.45) is 0.282. The third-order valence-corrected chi connectivity index (χ3v) is 5.89. The van der Waals surface area contributed by atoms with Gasteiger partial charge in [0, 0.05) is 12.6 Å². The highest BCUT2D eigenvalue weighted by Gasteiger charge is 2.33. The number of benzene rings is 1. The number of primary amides is 1. The molecule has 2 N–H and O–H groups in total. The monoisotopic (exact) mass is 392 g/mol. The highest BCUT2D eigenvalue weighted by molar-refractivity contribution is 7.89. The Morgan fingerprint density at radius 2 is 1.96 bits per heavy atom. The summed E-state index contributed by atoms with van der Waals surface area (Å²) < 4.78 is 37.8. The number of sulfonamides is 1. The highest BCUT2D eigenvalue weighted by atomic mass is 32.2. The molecule has 0 saturated carbocycles. The maximum atomic E-state index is 12.8. The average Bonchev–Trinajstić information content (AvgIpc) is 3.12. The van der Waals surface area contributed by atoms with Crippen molar-refractivity contribution in [3.05, 3.63) is 42.1 Å². The van der Waals surface area contributed by atoms with Gasteiger partial charge < -0.3 is 15.2 Å². The number of ether oxygens (including phenoxy) is 2. The first-order valence-corrected chi connectivity index (χ1v) is 9.77. The summed E-state index contributed by atoms with van der Waals surface area (Å²) in [6.45, 7) is 2.15. The number of hydrogen-bond donors (Lipinski definition) is 1. The van der Waals surface area contributed by atoms with Gasteiger partial charge >= 0.3 is 0 Å². The molecule has 0 bridgehead atoms. The molecule has 1 aliphatic rings. The maximum Gasteiger partial charge on any atom is 0.255 e. The Hall–Kier alpha value is -2.72. The lowest BCUT2D eigenvalue weighted by Crippen LogP contribution is -2.31. The van der Waals surface area contributed by atoms with E-state index in [1.54, 1.807) is 12.1 Å². The SMILES string of the molecule is Cc1ccc(O[C@@H]2CCN(S(=O)(=O)c3ccc(OCC(N)=O)cc3)C2)nn1. The van der Waals surface area contributed by atoms with E-state index in [-0.39, 0.29) is 24.2 Å². The van der Waals surface area contributed by atoms with Crippen LogP contribution in [0.15, 0.2) is 41.3 Å². The minimum atomic E-state index is -3.65. The van der Waals surface area contributed by atoms with Gasteiger partial charge in [-0.25, -0.2) is 8.42 Å². The standard InChI is InChI=1S/C17H20N4O5S/c1-12-2-7-17(20-19-12)26-14-8-9-21(10-14)27(23,24)15-5-3-13(4-6-15)25-11-16(18)22/h2-7,14H,8-11H2,1H3,(H2,18,22)/t14-/m1/s1. The number of nitrogens with zero attached hydrogens (tertiary/aromatic N) is 3. The summed E-state index contributed by atoms with van der Waals surface area (Å²) in [4.78, 5) is 10.9. The van der Waals surface area contributed by atoms with Gasteiger partial charge in [-0.3, -0.25) is 4.79 Å². The molecule has 27 heavy (non-hydrogen) atoms. The molecule has 1 aliphatic heterocycles. The van der Waals surface area contributed by atoms with Crippen molar-refractivity contribution in [3.63, 3.8) is 0 Å². The van der Waals surface area contributed by atoms with Crippen LogP contribution in [0.3, 0.4) is 0 Å². The van der Waals surface area contributed by atoms with Crippen LogP contribution in [-0.2, 0) is 14.8 Å². The summed E-state index contributed by atoms with van der Waals surface area (Å²) in [5, 5.41) is 7.86. The predicted octanol–water partition coefficient (Wildman–Crippen LogP) is 0.491. The number of hydrogen-bond acceptors (Lipinski definition) is 7. The fraction of sp³-hybridized carbons (Fsp3) is 0.353. The molecule has 1 fully saturated rings. The fourth-order valence-electron chi connectivity index (χ4n) is 2.64. The quantitative estimate of drug-likeness (QED) is 0.727. The van der Waals surface area contributed by atoms with Crippen molar-refractivity contribution in [2.24, 2.45) is 5.73 Å². The summed E-state index contributed by atoms with van der Waals surface area (Å²) >= 11 is 0. The van der Waals surface area contributed by atoms with E-state index in [1.807, 2.05) is 6.92 Å². The van der Waals surface area contributed by atoms with E-state index in [4.69, 9.17) is 15.2 Å². The molecule has 3 rings (SSSR count). The molecule has 1 aromatic heterocycles. The Labute approximate surface area is 157 Å². The van der Waals surface area contributed by atoms with E-state index in [0.29, 0.717) is 24.6 Å². The maximum absolute atomic E-state index is 12.8. The second-order valence-corrected chi connectivity index (χ2v) is 8.07. The van der Waals surface area contributed by atoms with Crippen LogP contribution in [-0.4, -0.2) is 54.6 Å². The van der Waals surface area contributed by atoms with Gasteiger partial charge in [0.05, 0.1) is 17.1 Å². The van der Waals surface area contributed by atoms with Gasteiger partial charge in [0.25, 0.3) is 5.91 Å². The van der Waals surface area contributed by atoms with Crippen molar-refractivity contribution in [2.75, 3.05) is 19.7 Å². The smallest absolute Gasteiger partial charge is 0.255 e. The lowest BCUT2D eigenvalue weighted by Gasteiger charge is -2.17. The molecule has 0 radical (unpaired) electrons. The normalized spacial score (nSPS) is 17.6. The van der Waals surface area contributed by atoms with Crippen molar-refractivity contribution >= 4 is 15.9 Å². The van der Waals surface area contributed by atoms with Gasteiger partial charge in [-0.05, 0) is 43.7 Å². The minimum absolute atomic E-state index is 0.143. The molecular formula is C17H20N4O5S. The number of carbonyl (C=O) groups is 1. The third-order valence-electron chi connectivity index (χ3n) is 4.01. The number of carbonyl (C=O) groups excluding carboxylic acids is 1. The van der Waals surface area contributed by atoms with E-state index < -0.39 is 15.9 Å². The average molecular weight is 392 g/mol. The molecule has 10 heteroatoms. The van der Waals surface area contributed by atoms with Crippen LogP contribution in [0.4, 0.5) is 0 Å². The molecule has 1 saturated heterocycles. The zero-order valence-electron chi connectivity index (χ0n) is 14.7. The van der Waals surface area contributed by atoms with E-state index in [1.165, 1.54) is 28.6 Å². The van der Waals surface area contributed by atoms with Gasteiger partial charge in [0.2, 0.25) is 15.9 Å². The third kappa shape index (κ3) is 4.72. The van der Waals surface area contributed by atoms with Gasteiger partial charge in [0.15, 0.2) is 6.61 Å². The largest absolute Gasteiger partial charge is 0.484 e. The lowest BCUT2D eigenvalue weighted by molar-refractivity contribution is -0.119. The van der Waals surface area contributed by atoms with Crippen LogP contribution in [0.25, 0.3) is 0 Å². The molecule has 0 spiro atoms. The van der Waals surface area contributed by atoms with Gasteiger partial charge in [-0.15, -0.1) is 5.10 Å². The van der Waals surface area contributed by atoms with Crippen LogP contribution >= 0.6 is 0 Å². The summed E-state index contributed by atoms with van der Waals surface area (Å²) in [7, 11) is -3.65. The minimum Gasteiger partial charge on any atom is -0.484 e. The fourth-order valence-corrected chi connectivity index (χ4v) is 4.13. The van der Waals surface area contributed by atoms with Gasteiger partial charge in [0.1, 0.15) is 11.9 Å². The van der Waals surface area contributed by atoms with E-state index in [0.717, 1.165) is 5.69 Å². The van der Waals surface area contributed by atoms with Crippen LogP contribution < -0.4 is 15.2 Å². The first-order chi connectivity index (χ1) is 12.8. The van der Waals surface area contributed by atoms with Crippen molar-refractivity contribution < 1.29 is 22.7 Å². The van der Waals surface area contributed by atoms with Crippen LogP contribution in [0, 0.1) is 6.92 Å². The van der Waals surface area contributed by atoms with Crippen molar-refractivity contribution in [1.29, 1.82) is 0 Å². The predicted molar refractivity (Wildman–Crippen MR) is 95.7 cm³/mol. The number of nitrogens with two attached hydrogens (primary N) is 1. The Morgan fingerprint density at radius 1 is 1.22 bits per heavy atom. The zero-order valence-corrected chi connectivity index (χ0v) is 15.6. The van der Waals surface area contributed by atoms with Crippen molar-refractivity contribution in [2.45, 2.75) is 24.3 Å². The van der Waals surface area contributed by atoms with Crippen LogP contribution in [0.5, 0.6) is 11.6 Å². The Bertz CT molecular complexity index is 900. The lowest BCUT2D eigenvalue weighted by atomic mass is 10.3. The topological polar surface area (TPSA) is 125 Å². The van der Waals surface area contributed by atoms with Crippen LogP contribution in [0.1, 0.15) is 12.1 Å². The second kappa shape index (κ2) is 7.89. The molecule has 1 atom stereocenters. The molecule has 0 aliphatic carbocycles. The molecule has 1 aromatic carbocycles. The van der Waals surface area contributed by atoms with E-state index in [9.17, 15) is 13.2 Å². The Morgan fingerprint density at radius 3 is 2.59 bits per heavy atom. The molecular weight excluding hydrogens is 372 g/mol. The van der Waals surface area contributed by atoms with Crippen molar-refractivity contribution in [3.8, 4) is 11.6 Å². The highest BCUT2D eigenvalue weighted by Crippen LogP contribution is 2.25. The zero-order chi connectivity index (χ0) is 19.4. The van der Waals surface area contributed by atoms with Gasteiger partial charge in [-0.1, -0.05) is 0 Å². The molecule has 1 amide bonds. The molecule has 9 nitrogen and oxygen atoms in total. The molecule has 144 valence electrons. The number of aromatic nitrogens is 2. The van der Waals surface area contributed by atoms with Gasteiger partial charge in [-0.2, -0.15) is 9.40 Å². The van der Waals surface area contributed by atoms with E-state index >= 15 is 0 Å². The summed E-state index contributed by atoms with van der Waals surface area (Å²) in [5.74, 6) is 0.141. The number of amides is 1.